The summed E-state index contributed by atoms with van der Waals surface area (Å²) in [5.74, 6) is 0.780. The third kappa shape index (κ3) is 4.32. The molecule has 4 rings (SSSR count). The van der Waals surface area contributed by atoms with E-state index in [1.807, 2.05) is 18.2 Å². The zero-order chi connectivity index (χ0) is 23.9. The summed E-state index contributed by atoms with van der Waals surface area (Å²) in [4.78, 5) is 18.2. The van der Waals surface area contributed by atoms with Crippen molar-refractivity contribution in [2.45, 2.75) is 53.9 Å². The Morgan fingerprint density at radius 2 is 1.85 bits per heavy atom. The van der Waals surface area contributed by atoms with Gasteiger partial charge in [0.1, 0.15) is 5.82 Å². The zero-order valence-electron chi connectivity index (χ0n) is 20.0. The van der Waals surface area contributed by atoms with Crippen LogP contribution in [0, 0.1) is 27.7 Å². The largest absolute Gasteiger partial charge is 0.318 e. The lowest BCUT2D eigenvalue weighted by atomic mass is 10.1. The average molecular weight is 505 g/mol. The normalized spacial score (nSPS) is 12.7. The molecule has 0 saturated carbocycles. The van der Waals surface area contributed by atoms with Crippen LogP contribution in [0.2, 0.25) is 0 Å². The first-order valence-electron chi connectivity index (χ1n) is 11.2. The predicted octanol–water partition coefficient (Wildman–Crippen LogP) is 6.58. The minimum absolute atomic E-state index is 0.102. The van der Waals surface area contributed by atoms with E-state index in [0.717, 1.165) is 27.8 Å². The maximum atomic E-state index is 13.4. The van der Waals surface area contributed by atoms with Gasteiger partial charge in [0, 0.05) is 33.0 Å². The van der Waals surface area contributed by atoms with Gasteiger partial charge in [0.25, 0.3) is 5.56 Å². The van der Waals surface area contributed by atoms with Crippen LogP contribution in [-0.4, -0.2) is 20.4 Å². The molecule has 0 N–H and O–H groups in total. The SMILES string of the molecule is CC[C@H](C)c1nc2ccc(Br)cc2c(=O)n1N=Cc1cc(C)n(-c2cc(C)ccc2C)c1C. The molecule has 0 fully saturated rings. The second-order valence-electron chi connectivity index (χ2n) is 8.75. The minimum Gasteiger partial charge on any atom is -0.318 e. The first kappa shape index (κ1) is 23.2. The highest BCUT2D eigenvalue weighted by atomic mass is 79.9. The van der Waals surface area contributed by atoms with Gasteiger partial charge >= 0.3 is 0 Å². The topological polar surface area (TPSA) is 52.2 Å². The van der Waals surface area contributed by atoms with Gasteiger partial charge in [-0.05, 0) is 75.6 Å². The van der Waals surface area contributed by atoms with Crippen LogP contribution < -0.4 is 5.56 Å². The summed E-state index contributed by atoms with van der Waals surface area (Å²) in [6.45, 7) is 12.6. The van der Waals surface area contributed by atoms with Crippen LogP contribution in [0.1, 0.15) is 60.1 Å². The Hall–Kier alpha value is -2.99. The molecular formula is C27H29BrN4O. The van der Waals surface area contributed by atoms with E-state index in [4.69, 9.17) is 4.98 Å². The van der Waals surface area contributed by atoms with E-state index in [0.29, 0.717) is 16.7 Å². The van der Waals surface area contributed by atoms with Gasteiger partial charge in [-0.15, -0.1) is 0 Å². The lowest BCUT2D eigenvalue weighted by molar-refractivity contribution is 0.613. The summed E-state index contributed by atoms with van der Waals surface area (Å²) in [6.07, 6.45) is 2.65. The van der Waals surface area contributed by atoms with Crippen LogP contribution >= 0.6 is 15.9 Å². The smallest absolute Gasteiger partial charge is 0.282 e. The molecule has 33 heavy (non-hydrogen) atoms. The van der Waals surface area contributed by atoms with Crippen molar-refractivity contribution in [3.8, 4) is 5.69 Å². The number of hydrogen-bond acceptors (Lipinski definition) is 3. The molecule has 0 aliphatic carbocycles. The molecule has 170 valence electrons. The first-order chi connectivity index (χ1) is 15.7. The molecule has 0 aliphatic rings. The zero-order valence-corrected chi connectivity index (χ0v) is 21.6. The summed E-state index contributed by atoms with van der Waals surface area (Å²) in [7, 11) is 0. The van der Waals surface area contributed by atoms with Crippen LogP contribution in [0.15, 0.2) is 56.8 Å². The fourth-order valence-corrected chi connectivity index (χ4v) is 4.51. The van der Waals surface area contributed by atoms with E-state index >= 15 is 0 Å². The number of aromatic nitrogens is 3. The number of aryl methyl sites for hydroxylation is 3. The molecular weight excluding hydrogens is 476 g/mol. The van der Waals surface area contributed by atoms with Crippen LogP contribution in [0.25, 0.3) is 16.6 Å². The van der Waals surface area contributed by atoms with Gasteiger partial charge in [-0.1, -0.05) is 41.9 Å². The average Bonchev–Trinajstić information content (AvgIpc) is 3.07. The van der Waals surface area contributed by atoms with Crippen molar-refractivity contribution in [3.63, 3.8) is 0 Å². The van der Waals surface area contributed by atoms with E-state index in [-0.39, 0.29) is 11.5 Å². The van der Waals surface area contributed by atoms with Gasteiger partial charge in [-0.25, -0.2) is 4.98 Å². The van der Waals surface area contributed by atoms with Crippen molar-refractivity contribution in [2.24, 2.45) is 5.10 Å². The van der Waals surface area contributed by atoms with Crippen molar-refractivity contribution in [1.82, 2.24) is 14.2 Å². The van der Waals surface area contributed by atoms with Crippen LogP contribution in [0.3, 0.4) is 0 Å². The van der Waals surface area contributed by atoms with Crippen LogP contribution in [0.5, 0.6) is 0 Å². The predicted molar refractivity (Wildman–Crippen MR) is 140 cm³/mol. The van der Waals surface area contributed by atoms with Gasteiger partial charge in [0.05, 0.1) is 17.1 Å². The Morgan fingerprint density at radius 3 is 2.58 bits per heavy atom. The third-order valence-corrected chi connectivity index (χ3v) is 6.77. The van der Waals surface area contributed by atoms with Crippen molar-refractivity contribution in [2.75, 3.05) is 0 Å². The van der Waals surface area contributed by atoms with Gasteiger partial charge in [0.15, 0.2) is 0 Å². The summed E-state index contributed by atoms with van der Waals surface area (Å²) in [5.41, 5.74) is 7.32. The van der Waals surface area contributed by atoms with E-state index in [1.165, 1.54) is 21.5 Å². The van der Waals surface area contributed by atoms with Crippen molar-refractivity contribution in [3.05, 3.63) is 91.2 Å². The molecule has 2 aromatic carbocycles. The van der Waals surface area contributed by atoms with Gasteiger partial charge in [-0.2, -0.15) is 9.78 Å². The van der Waals surface area contributed by atoms with Gasteiger partial charge in [0.2, 0.25) is 0 Å². The first-order valence-corrected chi connectivity index (χ1v) is 12.0. The van der Waals surface area contributed by atoms with Crippen molar-refractivity contribution >= 4 is 33.0 Å². The molecule has 4 aromatic rings. The number of benzene rings is 2. The summed E-state index contributed by atoms with van der Waals surface area (Å²) < 4.78 is 4.56. The number of rotatable bonds is 5. The molecule has 2 aromatic heterocycles. The third-order valence-electron chi connectivity index (χ3n) is 6.27. The molecule has 0 bridgehead atoms. The van der Waals surface area contributed by atoms with Crippen molar-refractivity contribution < 1.29 is 0 Å². The molecule has 5 nitrogen and oxygen atoms in total. The monoisotopic (exact) mass is 504 g/mol. The van der Waals surface area contributed by atoms with Crippen molar-refractivity contribution in [1.29, 1.82) is 0 Å². The number of fused-ring (bicyclic) bond motifs is 1. The maximum Gasteiger partial charge on any atom is 0.282 e. The van der Waals surface area contributed by atoms with Gasteiger partial charge < -0.3 is 4.57 Å². The van der Waals surface area contributed by atoms with E-state index in [2.05, 4.69) is 91.4 Å². The molecule has 1 atom stereocenters. The molecule has 0 spiro atoms. The minimum atomic E-state index is -0.156. The Kier molecular flexibility index (Phi) is 6.39. The lowest BCUT2D eigenvalue weighted by Crippen LogP contribution is -2.23. The highest BCUT2D eigenvalue weighted by Crippen LogP contribution is 2.24. The molecule has 0 amide bonds. The molecule has 0 radical (unpaired) electrons. The number of hydrogen-bond donors (Lipinski definition) is 0. The quantitative estimate of drug-likeness (QED) is 0.288. The van der Waals surface area contributed by atoms with Crippen LogP contribution in [-0.2, 0) is 0 Å². The standard InChI is InChI=1S/C27H29BrN4O/c1-7-17(3)26-30-24-11-10-22(28)14-23(24)27(33)32(26)29-15-21-13-19(5)31(20(21)6)25-12-16(2)8-9-18(25)4/h8-15,17H,7H2,1-6H3/t17-/m0/s1. The van der Waals surface area contributed by atoms with Gasteiger partial charge in [-0.3, -0.25) is 4.79 Å². The Bertz CT molecular complexity index is 1450. The Morgan fingerprint density at radius 1 is 1.09 bits per heavy atom. The number of nitrogens with zero attached hydrogens (tertiary/aromatic N) is 4. The molecule has 0 saturated heterocycles. The Balaban J connectivity index is 1.86. The molecule has 2 heterocycles. The molecule has 6 heteroatoms. The Labute approximate surface area is 202 Å². The molecule has 0 unspecified atom stereocenters. The maximum absolute atomic E-state index is 13.4. The van der Waals surface area contributed by atoms with E-state index in [1.54, 1.807) is 6.21 Å². The van der Waals surface area contributed by atoms with E-state index in [9.17, 15) is 4.79 Å². The second-order valence-corrected chi connectivity index (χ2v) is 9.67. The van der Waals surface area contributed by atoms with E-state index < -0.39 is 0 Å². The fourth-order valence-electron chi connectivity index (χ4n) is 4.15. The number of halogens is 1. The summed E-state index contributed by atoms with van der Waals surface area (Å²) in [5, 5.41) is 5.21. The summed E-state index contributed by atoms with van der Waals surface area (Å²) >= 11 is 3.46. The fraction of sp³-hybridized carbons (Fsp3) is 0.296. The molecule has 0 aliphatic heterocycles. The highest BCUT2D eigenvalue weighted by Gasteiger charge is 2.16. The highest BCUT2D eigenvalue weighted by molar-refractivity contribution is 9.10. The second kappa shape index (κ2) is 9.10. The summed E-state index contributed by atoms with van der Waals surface area (Å²) in [6, 6.07) is 14.2. The van der Waals surface area contributed by atoms with Crippen LogP contribution in [0.4, 0.5) is 0 Å². The lowest BCUT2D eigenvalue weighted by Gasteiger charge is -2.14.